The molecule has 0 saturated heterocycles. The van der Waals surface area contributed by atoms with Crippen LogP contribution in [-0.4, -0.2) is 23.5 Å². The molecule has 100 valence electrons. The normalized spacial score (nSPS) is 11.6. The third-order valence-corrected chi connectivity index (χ3v) is 2.73. The monoisotopic (exact) mass is 243 g/mol. The SMILES string of the molecule is CC(C)CC(=O)NCCC(C)(C)CCC(=O)O. The highest BCUT2D eigenvalue weighted by Gasteiger charge is 2.19. The molecule has 0 atom stereocenters. The number of hydrogen-bond acceptors (Lipinski definition) is 2. The second-order valence-electron chi connectivity index (χ2n) is 5.76. The van der Waals surface area contributed by atoms with Crippen molar-refractivity contribution in [2.75, 3.05) is 6.54 Å². The van der Waals surface area contributed by atoms with E-state index in [1.165, 1.54) is 0 Å². The number of carbonyl (C=O) groups excluding carboxylic acids is 1. The molecule has 0 saturated carbocycles. The minimum Gasteiger partial charge on any atom is -0.481 e. The van der Waals surface area contributed by atoms with Crippen LogP contribution in [0.4, 0.5) is 0 Å². The van der Waals surface area contributed by atoms with Crippen LogP contribution in [0.5, 0.6) is 0 Å². The minimum atomic E-state index is -0.762. The highest BCUT2D eigenvalue weighted by atomic mass is 16.4. The van der Waals surface area contributed by atoms with Gasteiger partial charge in [-0.05, 0) is 24.2 Å². The third-order valence-electron chi connectivity index (χ3n) is 2.73. The number of carboxylic acids is 1. The lowest BCUT2D eigenvalue weighted by Crippen LogP contribution is -2.29. The summed E-state index contributed by atoms with van der Waals surface area (Å²) >= 11 is 0. The number of rotatable bonds is 8. The molecule has 0 aromatic carbocycles. The molecule has 0 rings (SSSR count). The quantitative estimate of drug-likeness (QED) is 0.688. The van der Waals surface area contributed by atoms with Crippen LogP contribution in [0.1, 0.15) is 53.4 Å². The molecule has 0 aliphatic rings. The smallest absolute Gasteiger partial charge is 0.303 e. The zero-order chi connectivity index (χ0) is 13.5. The number of amides is 1. The second kappa shape index (κ2) is 7.30. The van der Waals surface area contributed by atoms with Gasteiger partial charge < -0.3 is 10.4 Å². The molecule has 2 N–H and O–H groups in total. The fraction of sp³-hybridized carbons (Fsp3) is 0.846. The van der Waals surface area contributed by atoms with Gasteiger partial charge in [-0.1, -0.05) is 27.7 Å². The average molecular weight is 243 g/mol. The fourth-order valence-electron chi connectivity index (χ4n) is 1.55. The van der Waals surface area contributed by atoms with E-state index in [1.54, 1.807) is 0 Å². The van der Waals surface area contributed by atoms with Crippen LogP contribution >= 0.6 is 0 Å². The Morgan fingerprint density at radius 3 is 2.29 bits per heavy atom. The van der Waals surface area contributed by atoms with Gasteiger partial charge in [-0.25, -0.2) is 0 Å². The van der Waals surface area contributed by atoms with Crippen molar-refractivity contribution in [2.24, 2.45) is 11.3 Å². The van der Waals surface area contributed by atoms with E-state index in [0.717, 1.165) is 6.42 Å². The lowest BCUT2D eigenvalue weighted by Gasteiger charge is -2.23. The first-order valence-corrected chi connectivity index (χ1v) is 6.21. The Kier molecular flexibility index (Phi) is 6.85. The van der Waals surface area contributed by atoms with Gasteiger partial charge in [0.15, 0.2) is 0 Å². The van der Waals surface area contributed by atoms with Gasteiger partial charge in [0, 0.05) is 19.4 Å². The van der Waals surface area contributed by atoms with Crippen LogP contribution in [0.2, 0.25) is 0 Å². The molecule has 4 nitrogen and oxygen atoms in total. The molecule has 0 bridgehead atoms. The van der Waals surface area contributed by atoms with Crippen molar-refractivity contribution >= 4 is 11.9 Å². The lowest BCUT2D eigenvalue weighted by atomic mass is 9.84. The van der Waals surface area contributed by atoms with Crippen molar-refractivity contribution < 1.29 is 14.7 Å². The Bertz CT molecular complexity index is 259. The zero-order valence-corrected chi connectivity index (χ0v) is 11.4. The maximum atomic E-state index is 11.4. The van der Waals surface area contributed by atoms with Crippen molar-refractivity contribution in [1.29, 1.82) is 0 Å². The van der Waals surface area contributed by atoms with Gasteiger partial charge in [0.1, 0.15) is 0 Å². The van der Waals surface area contributed by atoms with Crippen LogP contribution in [0.3, 0.4) is 0 Å². The Balaban J connectivity index is 3.78. The minimum absolute atomic E-state index is 0.0382. The molecule has 0 aliphatic heterocycles. The summed E-state index contributed by atoms with van der Waals surface area (Å²) in [5.74, 6) is -0.314. The summed E-state index contributed by atoms with van der Waals surface area (Å²) in [4.78, 5) is 21.9. The van der Waals surface area contributed by atoms with Gasteiger partial charge in [-0.15, -0.1) is 0 Å². The van der Waals surface area contributed by atoms with Gasteiger partial charge in [0.05, 0.1) is 0 Å². The third kappa shape index (κ3) is 9.85. The maximum Gasteiger partial charge on any atom is 0.303 e. The summed E-state index contributed by atoms with van der Waals surface area (Å²) in [6.07, 6.45) is 2.19. The lowest BCUT2D eigenvalue weighted by molar-refractivity contribution is -0.137. The first kappa shape index (κ1) is 15.9. The summed E-state index contributed by atoms with van der Waals surface area (Å²) in [5, 5.41) is 11.5. The van der Waals surface area contributed by atoms with Crippen LogP contribution < -0.4 is 5.32 Å². The summed E-state index contributed by atoms with van der Waals surface area (Å²) in [6, 6.07) is 0. The van der Waals surface area contributed by atoms with E-state index in [4.69, 9.17) is 5.11 Å². The molecule has 1 amide bonds. The number of aliphatic carboxylic acids is 1. The van der Waals surface area contributed by atoms with Gasteiger partial charge in [-0.3, -0.25) is 9.59 Å². The molecule has 0 heterocycles. The molecule has 0 unspecified atom stereocenters. The number of nitrogens with one attached hydrogen (secondary N) is 1. The molecular weight excluding hydrogens is 218 g/mol. The van der Waals surface area contributed by atoms with Gasteiger partial charge >= 0.3 is 5.97 Å². The Hall–Kier alpha value is -1.06. The van der Waals surface area contributed by atoms with Gasteiger partial charge in [0.25, 0.3) is 0 Å². The van der Waals surface area contributed by atoms with Gasteiger partial charge in [-0.2, -0.15) is 0 Å². The molecule has 4 heteroatoms. The van der Waals surface area contributed by atoms with Gasteiger partial charge in [0.2, 0.25) is 5.91 Å². The van der Waals surface area contributed by atoms with Crippen molar-refractivity contribution in [2.45, 2.75) is 53.4 Å². The summed E-state index contributed by atoms with van der Waals surface area (Å²) < 4.78 is 0. The summed E-state index contributed by atoms with van der Waals surface area (Å²) in [7, 11) is 0. The number of hydrogen-bond donors (Lipinski definition) is 2. The predicted octanol–water partition coefficient (Wildman–Crippen LogP) is 2.43. The molecular formula is C13H25NO3. The zero-order valence-electron chi connectivity index (χ0n) is 11.4. The summed E-state index contributed by atoms with van der Waals surface area (Å²) in [6.45, 7) is 8.71. The largest absolute Gasteiger partial charge is 0.481 e. The fourth-order valence-corrected chi connectivity index (χ4v) is 1.55. The Morgan fingerprint density at radius 2 is 1.82 bits per heavy atom. The van der Waals surface area contributed by atoms with E-state index in [9.17, 15) is 9.59 Å². The highest BCUT2D eigenvalue weighted by molar-refractivity contribution is 5.75. The predicted molar refractivity (Wildman–Crippen MR) is 67.7 cm³/mol. The molecule has 0 radical (unpaired) electrons. The molecule has 0 aromatic heterocycles. The first-order valence-electron chi connectivity index (χ1n) is 6.21. The average Bonchev–Trinajstić information content (AvgIpc) is 2.13. The van der Waals surface area contributed by atoms with E-state index >= 15 is 0 Å². The molecule has 0 aromatic rings. The molecule has 0 spiro atoms. The maximum absolute atomic E-state index is 11.4. The van der Waals surface area contributed by atoms with Crippen LogP contribution in [0.25, 0.3) is 0 Å². The Labute approximate surface area is 104 Å². The van der Waals surface area contributed by atoms with Crippen molar-refractivity contribution in [3.05, 3.63) is 0 Å². The van der Waals surface area contributed by atoms with Crippen molar-refractivity contribution in [1.82, 2.24) is 5.32 Å². The topological polar surface area (TPSA) is 66.4 Å². The number of carbonyl (C=O) groups is 2. The number of carboxylic acid groups (broad SMARTS) is 1. The van der Waals surface area contributed by atoms with E-state index in [0.29, 0.717) is 25.3 Å². The highest BCUT2D eigenvalue weighted by Crippen LogP contribution is 2.25. The van der Waals surface area contributed by atoms with Crippen molar-refractivity contribution in [3.8, 4) is 0 Å². The standard InChI is InChI=1S/C13H25NO3/c1-10(2)9-11(15)14-8-7-13(3,4)6-5-12(16)17/h10H,5-9H2,1-4H3,(H,14,15)(H,16,17). The van der Waals surface area contributed by atoms with Crippen LogP contribution in [-0.2, 0) is 9.59 Å². The van der Waals surface area contributed by atoms with E-state index in [2.05, 4.69) is 5.32 Å². The van der Waals surface area contributed by atoms with Crippen molar-refractivity contribution in [3.63, 3.8) is 0 Å². The van der Waals surface area contributed by atoms with Crippen LogP contribution in [0.15, 0.2) is 0 Å². The molecule has 17 heavy (non-hydrogen) atoms. The van der Waals surface area contributed by atoms with E-state index in [1.807, 2.05) is 27.7 Å². The second-order valence-corrected chi connectivity index (χ2v) is 5.76. The summed E-state index contributed by atoms with van der Waals surface area (Å²) in [5.41, 5.74) is -0.0382. The van der Waals surface area contributed by atoms with E-state index in [-0.39, 0.29) is 17.7 Å². The first-order chi connectivity index (χ1) is 7.73. The molecule has 0 aliphatic carbocycles. The Morgan fingerprint density at radius 1 is 1.24 bits per heavy atom. The molecule has 0 fully saturated rings. The van der Waals surface area contributed by atoms with Crippen LogP contribution in [0, 0.1) is 11.3 Å². The van der Waals surface area contributed by atoms with E-state index < -0.39 is 5.97 Å².